The van der Waals surface area contributed by atoms with E-state index in [1.54, 1.807) is 27.7 Å². The minimum absolute atomic E-state index is 0.295. The van der Waals surface area contributed by atoms with E-state index in [2.05, 4.69) is 4.98 Å². The van der Waals surface area contributed by atoms with Gasteiger partial charge in [0.15, 0.2) is 0 Å². The van der Waals surface area contributed by atoms with Gasteiger partial charge in [0.25, 0.3) is 0 Å². The normalized spacial score (nSPS) is 13.8. The van der Waals surface area contributed by atoms with Crippen molar-refractivity contribution in [3.8, 4) is 5.88 Å². The Morgan fingerprint density at radius 2 is 1.84 bits per heavy atom. The highest BCUT2D eigenvalue weighted by atomic mass is 16.6. The van der Waals surface area contributed by atoms with Crippen molar-refractivity contribution in [1.29, 1.82) is 0 Å². The Kier molecular flexibility index (Phi) is 5.02. The molecule has 1 aromatic heterocycles. The van der Waals surface area contributed by atoms with E-state index in [0.29, 0.717) is 17.7 Å². The number of para-hydroxylation sites is 1. The highest BCUT2D eigenvalue weighted by Gasteiger charge is 2.39. The molecule has 134 valence electrons. The SMILES string of the molecule is COc1nc2ccccc2cc1C(C)(C=O)N(C)C(=O)OC(C)(C)C. The number of benzene rings is 1. The van der Waals surface area contributed by atoms with Gasteiger partial charge < -0.3 is 14.3 Å². The molecule has 1 heterocycles. The van der Waals surface area contributed by atoms with Crippen molar-refractivity contribution < 1.29 is 19.1 Å². The summed E-state index contributed by atoms with van der Waals surface area (Å²) >= 11 is 0. The highest BCUT2D eigenvalue weighted by Crippen LogP contribution is 2.34. The number of methoxy groups -OCH3 is 1. The maximum Gasteiger partial charge on any atom is 0.411 e. The first-order valence-electron chi connectivity index (χ1n) is 8.00. The lowest BCUT2D eigenvalue weighted by Crippen LogP contribution is -2.48. The van der Waals surface area contributed by atoms with E-state index in [4.69, 9.17) is 9.47 Å². The summed E-state index contributed by atoms with van der Waals surface area (Å²) in [6.07, 6.45) is 0.0999. The summed E-state index contributed by atoms with van der Waals surface area (Å²) in [5.41, 5.74) is -0.709. The van der Waals surface area contributed by atoms with Crippen LogP contribution in [-0.2, 0) is 15.1 Å². The zero-order valence-electron chi connectivity index (χ0n) is 15.5. The first kappa shape index (κ1) is 18.7. The third-order valence-corrected chi connectivity index (χ3v) is 4.02. The lowest BCUT2D eigenvalue weighted by molar-refractivity contribution is -0.117. The molecule has 2 rings (SSSR count). The van der Waals surface area contributed by atoms with Crippen LogP contribution in [0.25, 0.3) is 10.9 Å². The van der Waals surface area contributed by atoms with Crippen molar-refractivity contribution in [2.45, 2.75) is 38.8 Å². The van der Waals surface area contributed by atoms with Gasteiger partial charge in [0.1, 0.15) is 17.4 Å². The molecule has 0 aliphatic rings. The van der Waals surface area contributed by atoms with Crippen LogP contribution < -0.4 is 4.74 Å². The molecule has 0 N–H and O–H groups in total. The number of carbonyl (C=O) groups is 2. The van der Waals surface area contributed by atoms with Crippen LogP contribution in [0.1, 0.15) is 33.3 Å². The van der Waals surface area contributed by atoms with Crippen molar-refractivity contribution in [3.05, 3.63) is 35.9 Å². The standard InChI is InChI=1S/C19H24N2O4/c1-18(2,3)25-17(23)21(5)19(4,12-22)14-11-13-9-7-8-10-15(13)20-16(14)24-6/h7-12H,1-6H3. The molecule has 6 heteroatoms. The molecule has 0 aliphatic heterocycles. The quantitative estimate of drug-likeness (QED) is 0.794. The molecule has 0 saturated heterocycles. The molecule has 1 amide bonds. The minimum Gasteiger partial charge on any atom is -0.481 e. The van der Waals surface area contributed by atoms with E-state index < -0.39 is 17.2 Å². The summed E-state index contributed by atoms with van der Waals surface area (Å²) in [7, 11) is 3.01. The molecule has 25 heavy (non-hydrogen) atoms. The molecule has 1 atom stereocenters. The molecule has 0 spiro atoms. The second kappa shape index (κ2) is 6.70. The molecule has 0 aliphatic carbocycles. The topological polar surface area (TPSA) is 68.7 Å². The zero-order valence-corrected chi connectivity index (χ0v) is 15.5. The Hall–Kier alpha value is -2.63. The Morgan fingerprint density at radius 3 is 2.40 bits per heavy atom. The molecular weight excluding hydrogens is 320 g/mol. The number of fused-ring (bicyclic) bond motifs is 1. The number of amides is 1. The van der Waals surface area contributed by atoms with Crippen LogP contribution in [0.4, 0.5) is 4.79 Å². The number of aromatic nitrogens is 1. The average Bonchev–Trinajstić information content (AvgIpc) is 2.57. The first-order chi connectivity index (χ1) is 11.6. The molecular formula is C19H24N2O4. The number of aldehydes is 1. The number of hydrogen-bond acceptors (Lipinski definition) is 5. The van der Waals surface area contributed by atoms with E-state index >= 15 is 0 Å². The second-order valence-electron chi connectivity index (χ2n) is 7.04. The average molecular weight is 344 g/mol. The highest BCUT2D eigenvalue weighted by molar-refractivity contribution is 5.84. The van der Waals surface area contributed by atoms with E-state index in [1.165, 1.54) is 19.1 Å². The Morgan fingerprint density at radius 1 is 1.20 bits per heavy atom. The number of ether oxygens (including phenoxy) is 2. The van der Waals surface area contributed by atoms with Crippen LogP contribution in [0.3, 0.4) is 0 Å². The Bertz CT molecular complexity index is 798. The third-order valence-electron chi connectivity index (χ3n) is 4.02. The zero-order chi connectivity index (χ0) is 18.8. The summed E-state index contributed by atoms with van der Waals surface area (Å²) in [5, 5.41) is 0.851. The lowest BCUT2D eigenvalue weighted by Gasteiger charge is -2.36. The van der Waals surface area contributed by atoms with Crippen molar-refractivity contribution >= 4 is 23.3 Å². The lowest BCUT2D eigenvalue weighted by atomic mass is 9.92. The van der Waals surface area contributed by atoms with Gasteiger partial charge in [0.05, 0.1) is 12.6 Å². The molecule has 0 saturated carbocycles. The van der Waals surface area contributed by atoms with Gasteiger partial charge in [-0.2, -0.15) is 0 Å². The van der Waals surface area contributed by atoms with Gasteiger partial charge in [-0.25, -0.2) is 9.78 Å². The number of pyridine rings is 1. The maximum absolute atomic E-state index is 12.5. The molecule has 0 radical (unpaired) electrons. The van der Waals surface area contributed by atoms with Crippen LogP contribution in [0.2, 0.25) is 0 Å². The summed E-state index contributed by atoms with van der Waals surface area (Å²) < 4.78 is 10.8. The largest absolute Gasteiger partial charge is 0.481 e. The molecule has 1 aromatic carbocycles. The first-order valence-corrected chi connectivity index (χ1v) is 8.00. The predicted molar refractivity (Wildman–Crippen MR) is 95.7 cm³/mol. The van der Waals surface area contributed by atoms with Gasteiger partial charge >= 0.3 is 6.09 Å². The summed E-state index contributed by atoms with van der Waals surface area (Å²) in [5.74, 6) is 0.295. The van der Waals surface area contributed by atoms with Crippen LogP contribution >= 0.6 is 0 Å². The van der Waals surface area contributed by atoms with Gasteiger partial charge in [0.2, 0.25) is 5.88 Å². The van der Waals surface area contributed by atoms with Crippen molar-refractivity contribution in [2.75, 3.05) is 14.2 Å². The predicted octanol–water partition coefficient (Wildman–Crippen LogP) is 3.52. The second-order valence-corrected chi connectivity index (χ2v) is 7.04. The van der Waals surface area contributed by atoms with Gasteiger partial charge in [0, 0.05) is 18.0 Å². The molecule has 0 fully saturated rings. The van der Waals surface area contributed by atoms with Crippen LogP contribution in [0, 0.1) is 0 Å². The van der Waals surface area contributed by atoms with Crippen LogP contribution in [0.15, 0.2) is 30.3 Å². The van der Waals surface area contributed by atoms with Crippen LogP contribution in [-0.4, -0.2) is 42.0 Å². The van der Waals surface area contributed by atoms with Crippen molar-refractivity contribution in [1.82, 2.24) is 9.88 Å². The monoisotopic (exact) mass is 344 g/mol. The van der Waals surface area contributed by atoms with Gasteiger partial charge in [-0.3, -0.25) is 4.90 Å². The molecule has 1 unspecified atom stereocenters. The number of likely N-dealkylation sites (N-methyl/N-ethyl adjacent to an activating group) is 1. The Labute approximate surface area is 147 Å². The van der Waals surface area contributed by atoms with E-state index in [9.17, 15) is 9.59 Å². The van der Waals surface area contributed by atoms with Gasteiger partial charge in [-0.1, -0.05) is 18.2 Å². The van der Waals surface area contributed by atoms with Gasteiger partial charge in [-0.05, 0) is 39.8 Å². The molecule has 0 bridgehead atoms. The van der Waals surface area contributed by atoms with E-state index in [-0.39, 0.29) is 0 Å². The van der Waals surface area contributed by atoms with Gasteiger partial charge in [-0.15, -0.1) is 0 Å². The molecule has 2 aromatic rings. The van der Waals surface area contributed by atoms with Crippen molar-refractivity contribution in [3.63, 3.8) is 0 Å². The maximum atomic E-state index is 12.5. The fourth-order valence-electron chi connectivity index (χ4n) is 2.46. The number of nitrogens with zero attached hydrogens (tertiary/aromatic N) is 2. The fourth-order valence-corrected chi connectivity index (χ4v) is 2.46. The smallest absolute Gasteiger partial charge is 0.411 e. The van der Waals surface area contributed by atoms with Crippen LogP contribution in [0.5, 0.6) is 5.88 Å². The third kappa shape index (κ3) is 3.73. The number of rotatable bonds is 4. The molecule has 6 nitrogen and oxygen atoms in total. The minimum atomic E-state index is -1.29. The summed E-state index contributed by atoms with van der Waals surface area (Å²) in [6.45, 7) is 6.96. The number of carbonyl (C=O) groups excluding carboxylic acids is 2. The summed E-state index contributed by atoms with van der Waals surface area (Å²) in [6, 6.07) is 9.33. The van der Waals surface area contributed by atoms with E-state index in [0.717, 1.165) is 10.9 Å². The van der Waals surface area contributed by atoms with Crippen molar-refractivity contribution in [2.24, 2.45) is 0 Å². The van der Waals surface area contributed by atoms with E-state index in [1.807, 2.05) is 30.3 Å². The number of hydrogen-bond donors (Lipinski definition) is 0. The summed E-state index contributed by atoms with van der Waals surface area (Å²) in [4.78, 5) is 30.2. The fraction of sp³-hybridized carbons (Fsp3) is 0.421. The Balaban J connectivity index is 2.56.